The van der Waals surface area contributed by atoms with Crippen LogP contribution in [0.5, 0.6) is 0 Å². The molecule has 0 saturated heterocycles. The third kappa shape index (κ3) is 2.47. The second-order valence-corrected chi connectivity index (χ2v) is 11.3. The lowest BCUT2D eigenvalue weighted by Crippen LogP contribution is -2.54. The van der Waals surface area contributed by atoms with Gasteiger partial charge in [-0.25, -0.2) is 0 Å². The molecule has 0 aromatic rings. The lowest BCUT2D eigenvalue weighted by atomic mass is 9.51. The highest BCUT2D eigenvalue weighted by Gasteiger charge is 2.54. The molecule has 4 aliphatic carbocycles. The zero-order chi connectivity index (χ0) is 16.3. The van der Waals surface area contributed by atoms with Crippen LogP contribution in [-0.4, -0.2) is 11.7 Å². The summed E-state index contributed by atoms with van der Waals surface area (Å²) in [5.41, 5.74) is 0.939. The molecular formula is C22H36NP. The van der Waals surface area contributed by atoms with Gasteiger partial charge in [0.15, 0.2) is 0 Å². The summed E-state index contributed by atoms with van der Waals surface area (Å²) >= 11 is 0. The van der Waals surface area contributed by atoms with Crippen molar-refractivity contribution in [2.45, 2.75) is 89.8 Å². The van der Waals surface area contributed by atoms with E-state index in [1.165, 1.54) is 59.7 Å². The first kappa shape index (κ1) is 16.3. The first-order chi connectivity index (χ1) is 11.7. The minimum atomic E-state index is 0.746. The predicted octanol–water partition coefficient (Wildman–Crippen LogP) is 6.79. The number of fused-ring (bicyclic) bond motifs is 7. The first-order valence-corrected chi connectivity index (χ1v) is 12.1. The summed E-state index contributed by atoms with van der Waals surface area (Å²) in [5, 5.41) is 0. The topological polar surface area (TPSA) is 12.4 Å². The molecule has 0 amide bonds. The van der Waals surface area contributed by atoms with Gasteiger partial charge in [0.05, 0.1) is 6.04 Å². The van der Waals surface area contributed by atoms with Crippen LogP contribution in [0.4, 0.5) is 0 Å². The van der Waals surface area contributed by atoms with Crippen molar-refractivity contribution in [2.24, 2.45) is 52.1 Å². The van der Waals surface area contributed by atoms with Crippen LogP contribution in [0.1, 0.15) is 78.1 Å². The van der Waals surface area contributed by atoms with Crippen molar-refractivity contribution < 1.29 is 0 Å². The van der Waals surface area contributed by atoms with Crippen molar-refractivity contribution in [1.82, 2.24) is 0 Å². The largest absolute Gasteiger partial charge is 0.265 e. The molecule has 0 aromatic heterocycles. The number of rotatable bonds is 0. The van der Waals surface area contributed by atoms with E-state index in [9.17, 15) is 0 Å². The summed E-state index contributed by atoms with van der Waals surface area (Å²) in [5.74, 6) is 8.25. The summed E-state index contributed by atoms with van der Waals surface area (Å²) in [6.45, 7) is 5.14. The Morgan fingerprint density at radius 3 is 1.96 bits per heavy atom. The van der Waals surface area contributed by atoms with E-state index >= 15 is 0 Å². The molecule has 1 aliphatic heterocycles. The van der Waals surface area contributed by atoms with Crippen LogP contribution in [0, 0.1) is 47.3 Å². The molecule has 4 saturated carbocycles. The SMILES string of the molecule is CC1CCCC2C1CCC1N=PC3CCC4C(C)CCCC4C3C12. The normalized spacial score (nSPS) is 57.2. The van der Waals surface area contributed by atoms with Crippen LogP contribution in [0.25, 0.3) is 0 Å². The van der Waals surface area contributed by atoms with Crippen molar-refractivity contribution in [1.29, 1.82) is 0 Å². The second kappa shape index (κ2) is 6.37. The van der Waals surface area contributed by atoms with E-state index in [1.807, 2.05) is 0 Å². The Bertz CT molecular complexity index is 458. The molecule has 10 atom stereocenters. The molecule has 0 bridgehead atoms. The average Bonchev–Trinajstić information content (AvgIpc) is 2.61. The van der Waals surface area contributed by atoms with Crippen molar-refractivity contribution >= 4 is 8.37 Å². The van der Waals surface area contributed by atoms with Gasteiger partial charge in [0, 0.05) is 14.0 Å². The molecule has 10 unspecified atom stereocenters. The van der Waals surface area contributed by atoms with Crippen molar-refractivity contribution in [3.63, 3.8) is 0 Å². The van der Waals surface area contributed by atoms with Crippen molar-refractivity contribution in [3.05, 3.63) is 0 Å². The number of hydrogen-bond donors (Lipinski definition) is 0. The fourth-order valence-electron chi connectivity index (χ4n) is 8.21. The molecule has 24 heavy (non-hydrogen) atoms. The van der Waals surface area contributed by atoms with Crippen molar-refractivity contribution in [2.75, 3.05) is 0 Å². The zero-order valence-electron chi connectivity index (χ0n) is 15.7. The Morgan fingerprint density at radius 2 is 1.25 bits per heavy atom. The molecule has 4 fully saturated rings. The molecule has 0 radical (unpaired) electrons. The van der Waals surface area contributed by atoms with Crippen LogP contribution < -0.4 is 0 Å². The highest BCUT2D eigenvalue weighted by atomic mass is 31.1. The summed E-state index contributed by atoms with van der Waals surface area (Å²) in [6.07, 6.45) is 15.1. The van der Waals surface area contributed by atoms with Gasteiger partial charge in [-0.15, -0.1) is 0 Å². The second-order valence-electron chi connectivity index (χ2n) is 10.1. The first-order valence-electron chi connectivity index (χ1n) is 11.1. The lowest BCUT2D eigenvalue weighted by Gasteiger charge is -2.58. The average molecular weight is 346 g/mol. The van der Waals surface area contributed by atoms with E-state index in [-0.39, 0.29) is 0 Å². The molecule has 2 heteroatoms. The van der Waals surface area contributed by atoms with E-state index in [0.29, 0.717) is 0 Å². The van der Waals surface area contributed by atoms with E-state index < -0.39 is 0 Å². The Morgan fingerprint density at radius 1 is 0.625 bits per heavy atom. The standard InChI is InChI=1S/C22H36NP/c1-13-5-3-7-17-15(13)9-11-19-21(17)22-18-8-4-6-14(2)16(18)10-12-20(22)24-23-19/h13-22H,3-12H2,1-2H3. The fraction of sp³-hybridized carbons (Fsp3) is 1.00. The van der Waals surface area contributed by atoms with Crippen LogP contribution >= 0.6 is 8.37 Å². The zero-order valence-corrected chi connectivity index (χ0v) is 16.6. The molecule has 5 aliphatic rings. The van der Waals surface area contributed by atoms with Crippen LogP contribution in [0.15, 0.2) is 4.74 Å². The number of hydrogen-bond acceptors (Lipinski definition) is 1. The van der Waals surface area contributed by atoms with Gasteiger partial charge >= 0.3 is 0 Å². The predicted molar refractivity (Wildman–Crippen MR) is 102 cm³/mol. The maximum Gasteiger partial charge on any atom is 0.0577 e. The quantitative estimate of drug-likeness (QED) is 0.428. The smallest absolute Gasteiger partial charge is 0.0577 e. The Balaban J connectivity index is 1.49. The van der Waals surface area contributed by atoms with E-state index in [0.717, 1.165) is 59.0 Å². The molecule has 0 N–H and O–H groups in total. The molecular weight excluding hydrogens is 309 g/mol. The van der Waals surface area contributed by atoms with E-state index in [4.69, 9.17) is 4.74 Å². The highest BCUT2D eigenvalue weighted by molar-refractivity contribution is 7.27. The van der Waals surface area contributed by atoms with Gasteiger partial charge in [-0.2, -0.15) is 0 Å². The molecule has 1 nitrogen and oxygen atoms in total. The molecule has 5 rings (SSSR count). The Labute approximate surface area is 150 Å². The molecule has 1 heterocycles. The Hall–Kier alpha value is 0.100. The minimum absolute atomic E-state index is 0.746. The summed E-state index contributed by atoms with van der Waals surface area (Å²) in [7, 11) is 1.51. The summed E-state index contributed by atoms with van der Waals surface area (Å²) in [4.78, 5) is 0. The van der Waals surface area contributed by atoms with Gasteiger partial charge < -0.3 is 0 Å². The highest BCUT2D eigenvalue weighted by Crippen LogP contribution is 2.60. The molecule has 0 spiro atoms. The Kier molecular flexibility index (Phi) is 4.32. The maximum atomic E-state index is 5.28. The summed E-state index contributed by atoms with van der Waals surface area (Å²) in [6, 6.07) is 0.746. The van der Waals surface area contributed by atoms with Crippen LogP contribution in [-0.2, 0) is 0 Å². The van der Waals surface area contributed by atoms with Gasteiger partial charge in [0.1, 0.15) is 0 Å². The summed E-state index contributed by atoms with van der Waals surface area (Å²) < 4.78 is 5.28. The van der Waals surface area contributed by atoms with Gasteiger partial charge in [0.2, 0.25) is 0 Å². The van der Waals surface area contributed by atoms with Gasteiger partial charge in [-0.3, -0.25) is 4.74 Å². The van der Waals surface area contributed by atoms with Gasteiger partial charge in [0.25, 0.3) is 0 Å². The number of nitrogens with zero attached hydrogens (tertiary/aromatic N) is 1. The van der Waals surface area contributed by atoms with E-state index in [2.05, 4.69) is 13.8 Å². The lowest BCUT2D eigenvalue weighted by molar-refractivity contribution is -0.0440. The van der Waals surface area contributed by atoms with Crippen LogP contribution in [0.3, 0.4) is 0 Å². The van der Waals surface area contributed by atoms with Gasteiger partial charge in [-0.1, -0.05) is 39.5 Å². The monoisotopic (exact) mass is 345 g/mol. The third-order valence-corrected chi connectivity index (χ3v) is 10.6. The maximum absolute atomic E-state index is 5.28. The van der Waals surface area contributed by atoms with Gasteiger partial charge in [-0.05, 0) is 85.9 Å². The molecule has 0 aromatic carbocycles. The van der Waals surface area contributed by atoms with E-state index in [1.54, 1.807) is 12.8 Å². The minimum Gasteiger partial charge on any atom is -0.265 e. The van der Waals surface area contributed by atoms with Crippen molar-refractivity contribution in [3.8, 4) is 0 Å². The molecule has 134 valence electrons. The third-order valence-electron chi connectivity index (χ3n) is 9.23. The van der Waals surface area contributed by atoms with Crippen LogP contribution in [0.2, 0.25) is 0 Å². The fourth-order valence-corrected chi connectivity index (χ4v) is 9.66.